The van der Waals surface area contributed by atoms with E-state index in [2.05, 4.69) is 71.9 Å². The lowest BCUT2D eigenvalue weighted by atomic mass is 9.89. The second kappa shape index (κ2) is 10.7. The highest BCUT2D eigenvalue weighted by Crippen LogP contribution is 2.39. The zero-order valence-electron chi connectivity index (χ0n) is 18.6. The molecular weight excluding hydrogens is 501 g/mol. The maximum atomic E-state index is 6.17. The predicted octanol–water partition coefficient (Wildman–Crippen LogP) is 5.24. The van der Waals surface area contributed by atoms with Gasteiger partial charge in [-0.3, -0.25) is 4.99 Å². The number of nitrogens with zero attached hydrogens (tertiary/aromatic N) is 1. The summed E-state index contributed by atoms with van der Waals surface area (Å²) in [4.78, 5) is 4.50. The van der Waals surface area contributed by atoms with Crippen molar-refractivity contribution < 1.29 is 9.47 Å². The number of nitrogens with one attached hydrogen (secondary N) is 2. The summed E-state index contributed by atoms with van der Waals surface area (Å²) in [6.45, 7) is 5.93. The van der Waals surface area contributed by atoms with Crippen molar-refractivity contribution in [1.29, 1.82) is 0 Å². The van der Waals surface area contributed by atoms with E-state index < -0.39 is 0 Å². The van der Waals surface area contributed by atoms with Gasteiger partial charge in [0.1, 0.15) is 11.4 Å². The van der Waals surface area contributed by atoms with Crippen molar-refractivity contribution >= 4 is 29.9 Å². The number of aliphatic imine (C=N–C) groups is 1. The second-order valence-electron chi connectivity index (χ2n) is 8.86. The Morgan fingerprint density at radius 2 is 1.84 bits per heavy atom. The number of fused-ring (bicyclic) bond motifs is 1. The molecule has 2 aromatic rings. The molecular formula is C25H34IN3O2. The van der Waals surface area contributed by atoms with Crippen LogP contribution in [0.4, 0.5) is 0 Å². The van der Waals surface area contributed by atoms with Gasteiger partial charge in [0.25, 0.3) is 0 Å². The molecule has 0 amide bonds. The average molecular weight is 535 g/mol. The molecule has 2 heterocycles. The monoisotopic (exact) mass is 535 g/mol. The maximum Gasteiger partial charge on any atom is 0.191 e. The van der Waals surface area contributed by atoms with Crippen LogP contribution in [-0.2, 0) is 4.74 Å². The summed E-state index contributed by atoms with van der Waals surface area (Å²) in [6, 6.07) is 19.0. The molecule has 0 bridgehead atoms. The second-order valence-corrected chi connectivity index (χ2v) is 8.86. The van der Waals surface area contributed by atoms with E-state index in [0.717, 1.165) is 44.1 Å². The van der Waals surface area contributed by atoms with Crippen LogP contribution in [0, 0.1) is 5.92 Å². The van der Waals surface area contributed by atoms with E-state index in [1.54, 1.807) is 0 Å². The Hall–Kier alpha value is -1.80. The van der Waals surface area contributed by atoms with Crippen molar-refractivity contribution in [3.05, 3.63) is 65.7 Å². The molecule has 2 N–H and O–H groups in total. The van der Waals surface area contributed by atoms with Gasteiger partial charge in [-0.25, -0.2) is 0 Å². The Bertz CT molecular complexity index is 872. The molecule has 168 valence electrons. The van der Waals surface area contributed by atoms with Crippen LogP contribution in [0.5, 0.6) is 5.75 Å². The highest BCUT2D eigenvalue weighted by molar-refractivity contribution is 14.0. The normalized spacial score (nSPS) is 24.9. The van der Waals surface area contributed by atoms with E-state index in [9.17, 15) is 0 Å². The summed E-state index contributed by atoms with van der Waals surface area (Å²) in [6.07, 6.45) is 3.26. The fraction of sp³-hybridized carbons (Fsp3) is 0.480. The third-order valence-corrected chi connectivity index (χ3v) is 6.02. The van der Waals surface area contributed by atoms with Crippen LogP contribution in [0.2, 0.25) is 0 Å². The lowest BCUT2D eigenvalue weighted by Gasteiger charge is -2.38. The largest absolute Gasteiger partial charge is 0.487 e. The summed E-state index contributed by atoms with van der Waals surface area (Å²) in [5, 5.41) is 7.19. The summed E-state index contributed by atoms with van der Waals surface area (Å²) >= 11 is 0. The molecule has 2 aromatic carbocycles. The molecule has 0 spiro atoms. The topological polar surface area (TPSA) is 54.9 Å². The molecule has 0 aliphatic carbocycles. The van der Waals surface area contributed by atoms with Crippen LogP contribution in [-0.4, -0.2) is 31.8 Å². The average Bonchev–Trinajstić information content (AvgIpc) is 2.76. The first-order valence-corrected chi connectivity index (χ1v) is 11.0. The van der Waals surface area contributed by atoms with Crippen LogP contribution in [0.1, 0.15) is 56.4 Å². The van der Waals surface area contributed by atoms with Crippen molar-refractivity contribution in [3.63, 3.8) is 0 Å². The van der Waals surface area contributed by atoms with Crippen LogP contribution < -0.4 is 15.4 Å². The van der Waals surface area contributed by atoms with Crippen molar-refractivity contribution in [2.24, 2.45) is 10.9 Å². The molecule has 0 radical (unpaired) electrons. The van der Waals surface area contributed by atoms with Crippen molar-refractivity contribution in [2.75, 3.05) is 20.2 Å². The molecule has 4 rings (SSSR count). The molecule has 5 nitrogen and oxygen atoms in total. The van der Waals surface area contributed by atoms with Gasteiger partial charge in [0.15, 0.2) is 5.96 Å². The van der Waals surface area contributed by atoms with E-state index in [1.807, 2.05) is 19.2 Å². The fourth-order valence-electron chi connectivity index (χ4n) is 4.58. The number of hydrogen-bond acceptors (Lipinski definition) is 3. The molecule has 3 unspecified atom stereocenters. The number of benzene rings is 2. The SMILES string of the molecule is CN=C(NCC1CCCOC1c1ccccc1)NC1CC(C)(C)Oc2ccccc21.I. The number of halogens is 1. The zero-order chi connectivity index (χ0) is 21.0. The molecule has 1 saturated heterocycles. The maximum absolute atomic E-state index is 6.17. The molecule has 2 aliphatic rings. The van der Waals surface area contributed by atoms with E-state index in [0.29, 0.717) is 5.92 Å². The molecule has 2 aliphatic heterocycles. The molecule has 3 atom stereocenters. The molecule has 0 aromatic heterocycles. The van der Waals surface area contributed by atoms with Gasteiger partial charge in [0, 0.05) is 38.1 Å². The third kappa shape index (κ3) is 5.92. The first-order valence-electron chi connectivity index (χ1n) is 11.0. The Kier molecular flexibility index (Phi) is 8.22. The number of hydrogen-bond donors (Lipinski definition) is 2. The van der Waals surface area contributed by atoms with Crippen molar-refractivity contribution in [3.8, 4) is 5.75 Å². The fourth-order valence-corrected chi connectivity index (χ4v) is 4.58. The number of ether oxygens (including phenoxy) is 2. The number of para-hydroxylation sites is 1. The van der Waals surface area contributed by atoms with E-state index in [4.69, 9.17) is 9.47 Å². The van der Waals surface area contributed by atoms with Crippen molar-refractivity contribution in [1.82, 2.24) is 10.6 Å². The van der Waals surface area contributed by atoms with Gasteiger partial charge in [0.05, 0.1) is 12.1 Å². The summed E-state index contributed by atoms with van der Waals surface area (Å²) < 4.78 is 12.3. The minimum Gasteiger partial charge on any atom is -0.487 e. The summed E-state index contributed by atoms with van der Waals surface area (Å²) in [5.41, 5.74) is 2.22. The predicted molar refractivity (Wildman–Crippen MR) is 136 cm³/mol. The Morgan fingerprint density at radius 1 is 1.10 bits per heavy atom. The zero-order valence-corrected chi connectivity index (χ0v) is 21.0. The van der Waals surface area contributed by atoms with Gasteiger partial charge < -0.3 is 20.1 Å². The minimum absolute atomic E-state index is 0. The van der Waals surface area contributed by atoms with Gasteiger partial charge >= 0.3 is 0 Å². The lowest BCUT2D eigenvalue weighted by Crippen LogP contribution is -2.47. The van der Waals surface area contributed by atoms with E-state index >= 15 is 0 Å². The Morgan fingerprint density at radius 3 is 2.61 bits per heavy atom. The molecule has 6 heteroatoms. The minimum atomic E-state index is -0.222. The smallest absolute Gasteiger partial charge is 0.191 e. The lowest BCUT2D eigenvalue weighted by molar-refractivity contribution is -0.0265. The Labute approximate surface area is 203 Å². The van der Waals surface area contributed by atoms with Crippen LogP contribution >= 0.6 is 24.0 Å². The van der Waals surface area contributed by atoms with Crippen LogP contribution in [0.15, 0.2) is 59.6 Å². The van der Waals surface area contributed by atoms with Gasteiger partial charge in [-0.1, -0.05) is 48.5 Å². The highest BCUT2D eigenvalue weighted by Gasteiger charge is 2.34. The van der Waals surface area contributed by atoms with Crippen LogP contribution in [0.3, 0.4) is 0 Å². The van der Waals surface area contributed by atoms with Crippen LogP contribution in [0.25, 0.3) is 0 Å². The van der Waals surface area contributed by atoms with E-state index in [-0.39, 0.29) is 41.7 Å². The van der Waals surface area contributed by atoms with Gasteiger partial charge in [-0.15, -0.1) is 24.0 Å². The standard InChI is InChI=1S/C25H33N3O2.HI/c1-25(2)16-21(20-13-7-8-14-22(20)30-25)28-24(26-3)27-17-19-12-9-15-29-23(19)18-10-5-4-6-11-18;/h4-8,10-11,13-14,19,21,23H,9,12,15-17H2,1-3H3,(H2,26,27,28);1H. The van der Waals surface area contributed by atoms with Gasteiger partial charge in [-0.05, 0) is 38.3 Å². The number of rotatable bonds is 4. The quantitative estimate of drug-likeness (QED) is 0.320. The molecule has 1 fully saturated rings. The van der Waals surface area contributed by atoms with E-state index in [1.165, 1.54) is 11.1 Å². The first kappa shape index (κ1) is 23.9. The number of guanidine groups is 1. The third-order valence-electron chi connectivity index (χ3n) is 6.02. The Balaban J connectivity index is 0.00000272. The first-order chi connectivity index (χ1) is 14.6. The summed E-state index contributed by atoms with van der Waals surface area (Å²) in [7, 11) is 1.83. The van der Waals surface area contributed by atoms with Gasteiger partial charge in [0.2, 0.25) is 0 Å². The molecule has 31 heavy (non-hydrogen) atoms. The van der Waals surface area contributed by atoms with Gasteiger partial charge in [-0.2, -0.15) is 0 Å². The summed E-state index contributed by atoms with van der Waals surface area (Å²) in [5.74, 6) is 2.19. The van der Waals surface area contributed by atoms with Crippen molar-refractivity contribution in [2.45, 2.75) is 50.9 Å². The highest BCUT2D eigenvalue weighted by atomic mass is 127. The molecule has 0 saturated carbocycles.